The predicted molar refractivity (Wildman–Crippen MR) is 104 cm³/mol. The minimum Gasteiger partial charge on any atom is -0.340 e. The topological polar surface area (TPSA) is 62.3 Å². The molecular formula is C18H19Cl2N3O2S. The van der Waals surface area contributed by atoms with E-state index in [0.717, 1.165) is 17.8 Å². The molecule has 0 saturated carbocycles. The molecular weight excluding hydrogens is 393 g/mol. The molecule has 2 heterocycles. The Morgan fingerprint density at radius 3 is 2.92 bits per heavy atom. The Kier molecular flexibility index (Phi) is 6.16. The third-order valence-electron chi connectivity index (χ3n) is 4.45. The maximum Gasteiger partial charge on any atom is 0.253 e. The van der Waals surface area contributed by atoms with E-state index in [1.165, 1.54) is 0 Å². The average Bonchev–Trinajstić information content (AvgIpc) is 3.18. The number of benzene rings is 1. The first kappa shape index (κ1) is 19.1. The highest BCUT2D eigenvalue weighted by Gasteiger charge is 2.29. The van der Waals surface area contributed by atoms with E-state index in [4.69, 9.17) is 23.2 Å². The zero-order valence-electron chi connectivity index (χ0n) is 14.2. The molecule has 0 radical (unpaired) electrons. The molecule has 1 N–H and O–H groups in total. The SMILES string of the molecule is CC(NC(=O)c1cccc(Cl)c1Cl)C(=O)N1CCCC(c2nccs2)C1. The number of hydrogen-bond acceptors (Lipinski definition) is 4. The van der Waals surface area contributed by atoms with Crippen LogP contribution in [0.5, 0.6) is 0 Å². The summed E-state index contributed by atoms with van der Waals surface area (Å²) in [5.41, 5.74) is 0.262. The summed E-state index contributed by atoms with van der Waals surface area (Å²) >= 11 is 13.7. The van der Waals surface area contributed by atoms with Gasteiger partial charge in [0.2, 0.25) is 5.91 Å². The molecule has 2 unspecified atom stereocenters. The van der Waals surface area contributed by atoms with Crippen molar-refractivity contribution in [3.05, 3.63) is 50.4 Å². The summed E-state index contributed by atoms with van der Waals surface area (Å²) in [4.78, 5) is 31.4. The molecule has 1 aliphatic heterocycles. The summed E-state index contributed by atoms with van der Waals surface area (Å²) in [6, 6.07) is 4.20. The molecule has 1 aromatic heterocycles. The number of piperidine rings is 1. The van der Waals surface area contributed by atoms with Crippen molar-refractivity contribution in [2.45, 2.75) is 31.7 Å². The first-order valence-electron chi connectivity index (χ1n) is 8.40. The molecule has 3 rings (SSSR count). The maximum atomic E-state index is 12.8. The smallest absolute Gasteiger partial charge is 0.253 e. The van der Waals surface area contributed by atoms with Crippen LogP contribution in [-0.4, -0.2) is 40.8 Å². The Morgan fingerprint density at radius 2 is 2.19 bits per heavy atom. The highest BCUT2D eigenvalue weighted by Crippen LogP contribution is 2.29. The van der Waals surface area contributed by atoms with Gasteiger partial charge in [-0.15, -0.1) is 11.3 Å². The summed E-state index contributed by atoms with van der Waals surface area (Å²) in [6.07, 6.45) is 3.74. The second kappa shape index (κ2) is 8.37. The monoisotopic (exact) mass is 411 g/mol. The summed E-state index contributed by atoms with van der Waals surface area (Å²) in [5, 5.41) is 6.23. The third kappa shape index (κ3) is 4.19. The lowest BCUT2D eigenvalue weighted by atomic mass is 9.98. The maximum absolute atomic E-state index is 12.8. The van der Waals surface area contributed by atoms with Crippen molar-refractivity contribution in [1.29, 1.82) is 0 Å². The van der Waals surface area contributed by atoms with E-state index in [9.17, 15) is 9.59 Å². The number of halogens is 2. The number of aromatic nitrogens is 1. The first-order valence-corrected chi connectivity index (χ1v) is 10.0. The number of thiazole rings is 1. The molecule has 0 spiro atoms. The molecule has 2 amide bonds. The lowest BCUT2D eigenvalue weighted by Gasteiger charge is -2.33. The zero-order valence-corrected chi connectivity index (χ0v) is 16.6. The molecule has 1 aromatic carbocycles. The van der Waals surface area contributed by atoms with E-state index in [0.29, 0.717) is 18.1 Å². The van der Waals surface area contributed by atoms with Crippen molar-refractivity contribution in [2.24, 2.45) is 0 Å². The number of amides is 2. The van der Waals surface area contributed by atoms with E-state index in [1.54, 1.807) is 47.6 Å². The average molecular weight is 412 g/mol. The summed E-state index contributed by atoms with van der Waals surface area (Å²) in [6.45, 7) is 3.01. The Balaban J connectivity index is 1.64. The molecule has 26 heavy (non-hydrogen) atoms. The molecule has 1 saturated heterocycles. The minimum absolute atomic E-state index is 0.0993. The Labute approximate surface area is 166 Å². The van der Waals surface area contributed by atoms with Crippen LogP contribution in [0, 0.1) is 0 Å². The third-order valence-corrected chi connectivity index (χ3v) is 6.20. The lowest BCUT2D eigenvalue weighted by Crippen LogP contribution is -2.49. The van der Waals surface area contributed by atoms with Crippen LogP contribution < -0.4 is 5.32 Å². The quantitative estimate of drug-likeness (QED) is 0.827. The van der Waals surface area contributed by atoms with Crippen molar-refractivity contribution in [2.75, 3.05) is 13.1 Å². The Bertz CT molecular complexity index is 798. The van der Waals surface area contributed by atoms with Gasteiger partial charge in [-0.1, -0.05) is 29.3 Å². The van der Waals surface area contributed by atoms with Gasteiger partial charge in [0.05, 0.1) is 20.6 Å². The number of hydrogen-bond donors (Lipinski definition) is 1. The van der Waals surface area contributed by atoms with Crippen LogP contribution in [0.4, 0.5) is 0 Å². The van der Waals surface area contributed by atoms with Gasteiger partial charge in [0, 0.05) is 30.6 Å². The van der Waals surface area contributed by atoms with Gasteiger partial charge in [0.1, 0.15) is 6.04 Å². The van der Waals surface area contributed by atoms with Gasteiger partial charge < -0.3 is 10.2 Å². The molecule has 0 bridgehead atoms. The largest absolute Gasteiger partial charge is 0.340 e. The van der Waals surface area contributed by atoms with Crippen LogP contribution >= 0.6 is 34.5 Å². The fraction of sp³-hybridized carbons (Fsp3) is 0.389. The van der Waals surface area contributed by atoms with E-state index in [-0.39, 0.29) is 22.4 Å². The minimum atomic E-state index is -0.646. The predicted octanol–water partition coefficient (Wildman–Crippen LogP) is 3.97. The second-order valence-corrected chi connectivity index (χ2v) is 8.00. The van der Waals surface area contributed by atoms with Gasteiger partial charge in [-0.05, 0) is 31.9 Å². The Morgan fingerprint density at radius 1 is 1.38 bits per heavy atom. The van der Waals surface area contributed by atoms with Crippen LogP contribution in [0.15, 0.2) is 29.8 Å². The first-order chi connectivity index (χ1) is 12.5. The molecule has 0 aliphatic carbocycles. The number of carbonyl (C=O) groups is 2. The Hall–Kier alpha value is -1.63. The highest BCUT2D eigenvalue weighted by atomic mass is 35.5. The van der Waals surface area contributed by atoms with Gasteiger partial charge in [-0.25, -0.2) is 4.98 Å². The summed E-state index contributed by atoms with van der Waals surface area (Å²) in [7, 11) is 0. The van der Waals surface area contributed by atoms with Crippen molar-refractivity contribution in [1.82, 2.24) is 15.2 Å². The van der Waals surface area contributed by atoms with Gasteiger partial charge in [0.15, 0.2) is 0 Å². The number of rotatable bonds is 4. The van der Waals surface area contributed by atoms with Crippen molar-refractivity contribution >= 4 is 46.4 Å². The van der Waals surface area contributed by atoms with Crippen molar-refractivity contribution in [3.8, 4) is 0 Å². The van der Waals surface area contributed by atoms with Crippen molar-refractivity contribution in [3.63, 3.8) is 0 Å². The molecule has 2 atom stereocenters. The van der Waals surface area contributed by atoms with Crippen LogP contribution in [0.1, 0.15) is 41.0 Å². The highest BCUT2D eigenvalue weighted by molar-refractivity contribution is 7.09. The molecule has 1 fully saturated rings. The number of carbonyl (C=O) groups excluding carboxylic acids is 2. The van der Waals surface area contributed by atoms with E-state index in [2.05, 4.69) is 10.3 Å². The number of nitrogens with one attached hydrogen (secondary N) is 1. The van der Waals surface area contributed by atoms with Gasteiger partial charge in [-0.2, -0.15) is 0 Å². The molecule has 1 aliphatic rings. The van der Waals surface area contributed by atoms with Crippen LogP contribution in [0.2, 0.25) is 10.0 Å². The fourth-order valence-corrected chi connectivity index (χ4v) is 4.26. The number of likely N-dealkylation sites (tertiary alicyclic amines) is 1. The van der Waals surface area contributed by atoms with Crippen LogP contribution in [0.25, 0.3) is 0 Å². The standard InChI is InChI=1S/C18H19Cl2N3O2S/c1-11(22-16(24)13-5-2-6-14(19)15(13)20)18(25)23-8-3-4-12(10-23)17-21-7-9-26-17/h2,5-7,9,11-12H,3-4,8,10H2,1H3,(H,22,24). The van der Waals surface area contributed by atoms with Gasteiger partial charge >= 0.3 is 0 Å². The lowest BCUT2D eigenvalue weighted by molar-refractivity contribution is -0.134. The summed E-state index contributed by atoms with van der Waals surface area (Å²) < 4.78 is 0. The van der Waals surface area contributed by atoms with E-state index in [1.807, 2.05) is 5.38 Å². The van der Waals surface area contributed by atoms with E-state index >= 15 is 0 Å². The second-order valence-electron chi connectivity index (χ2n) is 6.29. The molecule has 8 heteroatoms. The molecule has 5 nitrogen and oxygen atoms in total. The van der Waals surface area contributed by atoms with Gasteiger partial charge in [0.25, 0.3) is 5.91 Å². The number of nitrogens with zero attached hydrogens (tertiary/aromatic N) is 2. The normalized spacial score (nSPS) is 18.4. The van der Waals surface area contributed by atoms with Crippen LogP contribution in [-0.2, 0) is 4.79 Å². The van der Waals surface area contributed by atoms with Crippen LogP contribution in [0.3, 0.4) is 0 Å². The van der Waals surface area contributed by atoms with E-state index < -0.39 is 11.9 Å². The molecule has 138 valence electrons. The van der Waals surface area contributed by atoms with Gasteiger partial charge in [-0.3, -0.25) is 9.59 Å². The molecule has 2 aromatic rings. The fourth-order valence-electron chi connectivity index (χ4n) is 3.10. The van der Waals surface area contributed by atoms with Crippen molar-refractivity contribution < 1.29 is 9.59 Å². The summed E-state index contributed by atoms with van der Waals surface area (Å²) in [5.74, 6) is -0.248. The zero-order chi connectivity index (χ0) is 18.7.